The number of rotatable bonds is 5. The Kier molecular flexibility index (Phi) is 5.44. The van der Waals surface area contributed by atoms with Crippen molar-refractivity contribution in [2.24, 2.45) is 0 Å². The summed E-state index contributed by atoms with van der Waals surface area (Å²) in [5.41, 5.74) is 6.48. The van der Waals surface area contributed by atoms with Crippen LogP contribution in [-0.2, 0) is 6.42 Å². The lowest BCUT2D eigenvalue weighted by Crippen LogP contribution is -2.24. The minimum absolute atomic E-state index is 0.301. The first-order chi connectivity index (χ1) is 10.0. The minimum Gasteiger partial charge on any atom is -0.310 e. The van der Waals surface area contributed by atoms with Gasteiger partial charge in [-0.2, -0.15) is 0 Å². The van der Waals surface area contributed by atoms with Crippen LogP contribution in [0.1, 0.15) is 40.8 Å². The number of benzene rings is 2. The summed E-state index contributed by atoms with van der Waals surface area (Å²) in [6, 6.07) is 13.1. The van der Waals surface area contributed by atoms with Crippen molar-refractivity contribution in [1.82, 2.24) is 5.32 Å². The predicted octanol–water partition coefficient (Wildman–Crippen LogP) is 5.16. The fourth-order valence-corrected chi connectivity index (χ4v) is 3.04. The van der Waals surface area contributed by atoms with Crippen LogP contribution in [0.3, 0.4) is 0 Å². The Morgan fingerprint density at radius 1 is 1.10 bits per heavy atom. The van der Waals surface area contributed by atoms with Crippen LogP contribution in [-0.4, -0.2) is 6.54 Å². The van der Waals surface area contributed by atoms with Crippen LogP contribution < -0.4 is 5.32 Å². The summed E-state index contributed by atoms with van der Waals surface area (Å²) in [6.07, 6.45) is 0.914. The lowest BCUT2D eigenvalue weighted by molar-refractivity contribution is 0.547. The van der Waals surface area contributed by atoms with Gasteiger partial charge in [-0.15, -0.1) is 0 Å². The molecule has 2 rings (SSSR count). The largest absolute Gasteiger partial charge is 0.310 e. The van der Waals surface area contributed by atoms with Gasteiger partial charge in [0.05, 0.1) is 0 Å². The normalized spacial score (nSPS) is 12.4. The summed E-state index contributed by atoms with van der Waals surface area (Å²) in [4.78, 5) is 0. The molecule has 0 saturated carbocycles. The number of aryl methyl sites for hydroxylation is 2. The molecular formula is C19H24ClN. The van der Waals surface area contributed by atoms with Crippen LogP contribution in [0.15, 0.2) is 36.4 Å². The van der Waals surface area contributed by atoms with Crippen LogP contribution in [0.25, 0.3) is 0 Å². The zero-order valence-corrected chi connectivity index (χ0v) is 14.1. The summed E-state index contributed by atoms with van der Waals surface area (Å²) in [5.74, 6) is 0. The Balaban J connectivity index is 2.33. The van der Waals surface area contributed by atoms with Gasteiger partial charge >= 0.3 is 0 Å². The molecule has 0 bridgehead atoms. The Bertz CT molecular complexity index is 619. The molecule has 0 aliphatic carbocycles. The van der Waals surface area contributed by atoms with Crippen molar-refractivity contribution in [3.8, 4) is 0 Å². The molecule has 0 heterocycles. The van der Waals surface area contributed by atoms with E-state index in [1.165, 1.54) is 27.8 Å². The second-order valence-electron chi connectivity index (χ2n) is 5.70. The van der Waals surface area contributed by atoms with E-state index in [1.807, 2.05) is 6.07 Å². The molecule has 0 amide bonds. The Hall–Kier alpha value is -1.31. The van der Waals surface area contributed by atoms with Gasteiger partial charge in [-0.05, 0) is 67.6 Å². The molecule has 21 heavy (non-hydrogen) atoms. The van der Waals surface area contributed by atoms with E-state index in [0.29, 0.717) is 6.04 Å². The van der Waals surface area contributed by atoms with Crippen LogP contribution >= 0.6 is 11.6 Å². The highest BCUT2D eigenvalue weighted by Gasteiger charge is 2.15. The van der Waals surface area contributed by atoms with Gasteiger partial charge in [-0.25, -0.2) is 0 Å². The maximum atomic E-state index is 6.40. The van der Waals surface area contributed by atoms with Crippen molar-refractivity contribution in [2.75, 3.05) is 6.54 Å². The highest BCUT2D eigenvalue weighted by Crippen LogP contribution is 2.27. The third-order valence-electron chi connectivity index (χ3n) is 4.11. The van der Waals surface area contributed by atoms with Crippen LogP contribution in [0.2, 0.25) is 5.02 Å². The van der Waals surface area contributed by atoms with Crippen molar-refractivity contribution in [2.45, 2.75) is 40.2 Å². The van der Waals surface area contributed by atoms with Crippen molar-refractivity contribution in [3.63, 3.8) is 0 Å². The summed E-state index contributed by atoms with van der Waals surface area (Å²) in [6.45, 7) is 9.53. The zero-order chi connectivity index (χ0) is 15.4. The topological polar surface area (TPSA) is 12.0 Å². The van der Waals surface area contributed by atoms with Gasteiger partial charge in [0, 0.05) is 11.1 Å². The summed E-state index contributed by atoms with van der Waals surface area (Å²) < 4.78 is 0. The molecule has 1 N–H and O–H groups in total. The molecule has 2 heteroatoms. The number of likely N-dealkylation sites (N-methyl/N-ethyl adjacent to an activating group) is 1. The molecule has 0 fully saturated rings. The molecule has 0 aliphatic rings. The van der Waals surface area contributed by atoms with Crippen molar-refractivity contribution in [1.29, 1.82) is 0 Å². The lowest BCUT2D eigenvalue weighted by Gasteiger charge is -2.22. The average Bonchev–Trinajstić information content (AvgIpc) is 2.44. The van der Waals surface area contributed by atoms with E-state index in [1.54, 1.807) is 0 Å². The maximum Gasteiger partial charge on any atom is 0.0441 e. The average molecular weight is 302 g/mol. The van der Waals surface area contributed by atoms with E-state index in [9.17, 15) is 0 Å². The summed E-state index contributed by atoms with van der Waals surface area (Å²) in [5, 5.41) is 4.46. The van der Waals surface area contributed by atoms with Crippen LogP contribution in [0.4, 0.5) is 0 Å². The van der Waals surface area contributed by atoms with Gasteiger partial charge in [0.25, 0.3) is 0 Å². The first kappa shape index (κ1) is 16.1. The maximum absolute atomic E-state index is 6.40. The third kappa shape index (κ3) is 3.87. The summed E-state index contributed by atoms with van der Waals surface area (Å²) >= 11 is 6.40. The lowest BCUT2D eigenvalue weighted by atomic mass is 9.93. The number of hydrogen-bond acceptors (Lipinski definition) is 1. The molecule has 112 valence electrons. The monoisotopic (exact) mass is 301 g/mol. The van der Waals surface area contributed by atoms with Crippen LogP contribution in [0, 0.1) is 20.8 Å². The fraction of sp³-hybridized carbons (Fsp3) is 0.368. The Morgan fingerprint density at radius 2 is 1.86 bits per heavy atom. The van der Waals surface area contributed by atoms with E-state index in [0.717, 1.165) is 18.0 Å². The van der Waals surface area contributed by atoms with Crippen molar-refractivity contribution < 1.29 is 0 Å². The van der Waals surface area contributed by atoms with Gasteiger partial charge in [0.1, 0.15) is 0 Å². The molecule has 0 aliphatic heterocycles. The molecular weight excluding hydrogens is 278 g/mol. The first-order valence-electron chi connectivity index (χ1n) is 7.57. The quantitative estimate of drug-likeness (QED) is 0.804. The van der Waals surface area contributed by atoms with E-state index in [-0.39, 0.29) is 0 Å². The standard InChI is InChI=1S/C19H24ClN/c1-5-21-19(17-8-6-7-14(3)15(17)4)12-16-10-9-13(2)11-18(16)20/h6-11,19,21H,5,12H2,1-4H3. The molecule has 0 radical (unpaired) electrons. The molecule has 2 aromatic rings. The number of halogens is 1. The highest BCUT2D eigenvalue weighted by atomic mass is 35.5. The Morgan fingerprint density at radius 3 is 2.52 bits per heavy atom. The van der Waals surface area contributed by atoms with Crippen LogP contribution in [0.5, 0.6) is 0 Å². The zero-order valence-electron chi connectivity index (χ0n) is 13.3. The molecule has 0 saturated heterocycles. The van der Waals surface area contributed by atoms with Crippen molar-refractivity contribution in [3.05, 3.63) is 69.2 Å². The minimum atomic E-state index is 0.301. The van der Waals surface area contributed by atoms with Gasteiger partial charge in [-0.3, -0.25) is 0 Å². The summed E-state index contributed by atoms with van der Waals surface area (Å²) in [7, 11) is 0. The van der Waals surface area contributed by atoms with E-state index < -0.39 is 0 Å². The van der Waals surface area contributed by atoms with E-state index >= 15 is 0 Å². The molecule has 0 aromatic heterocycles. The SMILES string of the molecule is CCNC(Cc1ccc(C)cc1Cl)c1cccc(C)c1C. The van der Waals surface area contributed by atoms with Gasteiger partial charge in [-0.1, -0.05) is 48.9 Å². The third-order valence-corrected chi connectivity index (χ3v) is 4.46. The van der Waals surface area contributed by atoms with Crippen molar-refractivity contribution >= 4 is 11.6 Å². The van der Waals surface area contributed by atoms with Gasteiger partial charge in [0.2, 0.25) is 0 Å². The van der Waals surface area contributed by atoms with E-state index in [4.69, 9.17) is 11.6 Å². The molecule has 0 spiro atoms. The molecule has 1 nitrogen and oxygen atoms in total. The first-order valence-corrected chi connectivity index (χ1v) is 7.95. The van der Waals surface area contributed by atoms with Gasteiger partial charge < -0.3 is 5.32 Å². The van der Waals surface area contributed by atoms with E-state index in [2.05, 4.69) is 63.3 Å². The Labute approximate surface area is 133 Å². The smallest absolute Gasteiger partial charge is 0.0441 e. The second-order valence-corrected chi connectivity index (χ2v) is 6.11. The second kappa shape index (κ2) is 7.11. The molecule has 1 atom stereocenters. The fourth-order valence-electron chi connectivity index (χ4n) is 2.73. The molecule has 1 unspecified atom stereocenters. The van der Waals surface area contributed by atoms with Gasteiger partial charge in [0.15, 0.2) is 0 Å². The molecule has 2 aromatic carbocycles. The number of nitrogens with one attached hydrogen (secondary N) is 1. The predicted molar refractivity (Wildman–Crippen MR) is 92.2 cm³/mol. The number of hydrogen-bond donors (Lipinski definition) is 1. The highest BCUT2D eigenvalue weighted by molar-refractivity contribution is 6.31.